The Hall–Kier alpha value is -0.340. The lowest BCUT2D eigenvalue weighted by molar-refractivity contribution is 0.128. The number of allylic oxidation sites excluding steroid dienone is 1. The van der Waals surface area contributed by atoms with Crippen LogP contribution in [-0.4, -0.2) is 36.8 Å². The van der Waals surface area contributed by atoms with E-state index in [1.54, 1.807) is 0 Å². The normalized spacial score (nSPS) is 13.5. The molecule has 0 bridgehead atoms. The van der Waals surface area contributed by atoms with Crippen molar-refractivity contribution < 1.29 is 5.11 Å². The predicted octanol–water partition coefficient (Wildman–Crippen LogP) is 1.27. The van der Waals surface area contributed by atoms with E-state index >= 15 is 0 Å². The van der Waals surface area contributed by atoms with E-state index in [1.165, 1.54) is 0 Å². The number of rotatable bonds is 5. The Kier molecular flexibility index (Phi) is 5.16. The van der Waals surface area contributed by atoms with Crippen LogP contribution in [-0.2, 0) is 0 Å². The maximum absolute atomic E-state index is 9.39. The lowest BCUT2D eigenvalue weighted by Crippen LogP contribution is -2.25. The van der Waals surface area contributed by atoms with Gasteiger partial charge in [0.2, 0.25) is 0 Å². The molecule has 0 heterocycles. The fourth-order valence-corrected chi connectivity index (χ4v) is 0.926. The van der Waals surface area contributed by atoms with Crippen LogP contribution in [0.3, 0.4) is 0 Å². The van der Waals surface area contributed by atoms with E-state index in [-0.39, 0.29) is 6.10 Å². The van der Waals surface area contributed by atoms with Gasteiger partial charge in [-0.15, -0.1) is 6.58 Å². The van der Waals surface area contributed by atoms with Gasteiger partial charge in [0.15, 0.2) is 0 Å². The summed E-state index contributed by atoms with van der Waals surface area (Å²) >= 11 is 0. The predicted molar refractivity (Wildman–Crippen MR) is 48.6 cm³/mol. The molecule has 0 aromatic heterocycles. The summed E-state index contributed by atoms with van der Waals surface area (Å²) in [5.74, 6) is 0. The van der Waals surface area contributed by atoms with Crippen molar-refractivity contribution in [2.24, 2.45) is 0 Å². The summed E-state index contributed by atoms with van der Waals surface area (Å²) in [6.07, 6.45) is 1.55. The van der Waals surface area contributed by atoms with E-state index in [9.17, 15) is 5.11 Å². The molecule has 1 atom stereocenters. The first kappa shape index (κ1) is 10.7. The lowest BCUT2D eigenvalue weighted by atomic mass is 10.1. The minimum absolute atomic E-state index is 0.207. The molecule has 0 amide bonds. The summed E-state index contributed by atoms with van der Waals surface area (Å²) in [6, 6.07) is 0. The molecule has 0 aromatic rings. The number of hydrogen-bond acceptors (Lipinski definition) is 2. The zero-order chi connectivity index (χ0) is 8.85. The highest BCUT2D eigenvalue weighted by Crippen LogP contribution is 2.04. The molecule has 2 nitrogen and oxygen atoms in total. The second kappa shape index (κ2) is 5.33. The lowest BCUT2D eigenvalue weighted by Gasteiger charge is -2.15. The molecular weight excluding hydrogens is 138 g/mol. The summed E-state index contributed by atoms with van der Waals surface area (Å²) < 4.78 is 0. The standard InChI is InChI=1S/C9H19NO/c1-8(2)5-6-9(11)7-10(3)4/h9,11H,1,5-7H2,2-4H3. The van der Waals surface area contributed by atoms with Crippen LogP contribution in [0.1, 0.15) is 19.8 Å². The summed E-state index contributed by atoms with van der Waals surface area (Å²) in [6.45, 7) is 6.51. The maximum Gasteiger partial charge on any atom is 0.0669 e. The van der Waals surface area contributed by atoms with Crippen molar-refractivity contribution in [3.63, 3.8) is 0 Å². The van der Waals surface area contributed by atoms with Gasteiger partial charge in [-0.1, -0.05) is 5.57 Å². The van der Waals surface area contributed by atoms with Gasteiger partial charge >= 0.3 is 0 Å². The van der Waals surface area contributed by atoms with E-state index in [0.717, 1.165) is 25.0 Å². The monoisotopic (exact) mass is 157 g/mol. The third kappa shape index (κ3) is 7.56. The van der Waals surface area contributed by atoms with E-state index in [4.69, 9.17) is 0 Å². The van der Waals surface area contributed by atoms with Crippen LogP contribution in [0.5, 0.6) is 0 Å². The Balaban J connectivity index is 3.37. The average molecular weight is 157 g/mol. The first-order valence-corrected chi connectivity index (χ1v) is 3.99. The molecule has 0 aliphatic carbocycles. The summed E-state index contributed by atoms with van der Waals surface area (Å²) in [5, 5.41) is 9.39. The van der Waals surface area contributed by atoms with Crippen LogP contribution in [0, 0.1) is 0 Å². The fraction of sp³-hybridized carbons (Fsp3) is 0.778. The molecule has 0 aliphatic rings. The van der Waals surface area contributed by atoms with E-state index in [1.807, 2.05) is 25.9 Å². The molecular formula is C9H19NO. The van der Waals surface area contributed by atoms with Gasteiger partial charge in [-0.25, -0.2) is 0 Å². The number of likely N-dealkylation sites (N-methyl/N-ethyl adjacent to an activating group) is 1. The van der Waals surface area contributed by atoms with Gasteiger partial charge in [0.1, 0.15) is 0 Å². The topological polar surface area (TPSA) is 23.5 Å². The molecule has 0 saturated heterocycles. The molecule has 0 rings (SSSR count). The molecule has 11 heavy (non-hydrogen) atoms. The quantitative estimate of drug-likeness (QED) is 0.607. The number of aliphatic hydroxyl groups is 1. The minimum atomic E-state index is -0.207. The van der Waals surface area contributed by atoms with Gasteiger partial charge in [-0.3, -0.25) is 0 Å². The highest BCUT2D eigenvalue weighted by atomic mass is 16.3. The summed E-state index contributed by atoms with van der Waals surface area (Å²) in [7, 11) is 3.92. The molecule has 0 radical (unpaired) electrons. The highest BCUT2D eigenvalue weighted by molar-refractivity contribution is 4.88. The molecule has 0 saturated carbocycles. The van der Waals surface area contributed by atoms with Crippen LogP contribution >= 0.6 is 0 Å². The largest absolute Gasteiger partial charge is 0.392 e. The molecule has 0 aliphatic heterocycles. The van der Waals surface area contributed by atoms with Gasteiger partial charge in [0, 0.05) is 6.54 Å². The van der Waals surface area contributed by atoms with Crippen molar-refractivity contribution >= 4 is 0 Å². The molecule has 66 valence electrons. The molecule has 0 fully saturated rings. The summed E-state index contributed by atoms with van der Waals surface area (Å²) in [4.78, 5) is 1.99. The van der Waals surface area contributed by atoms with Crippen molar-refractivity contribution in [2.45, 2.75) is 25.9 Å². The molecule has 1 unspecified atom stereocenters. The second-order valence-corrected chi connectivity index (χ2v) is 3.41. The van der Waals surface area contributed by atoms with Crippen LogP contribution in [0.4, 0.5) is 0 Å². The van der Waals surface area contributed by atoms with Crippen molar-refractivity contribution in [3.05, 3.63) is 12.2 Å². The SMILES string of the molecule is C=C(C)CCC(O)CN(C)C. The minimum Gasteiger partial charge on any atom is -0.392 e. The molecule has 1 N–H and O–H groups in total. The Bertz CT molecular complexity index is 121. The Labute approximate surface area is 69.5 Å². The van der Waals surface area contributed by atoms with E-state index in [0.29, 0.717) is 0 Å². The van der Waals surface area contributed by atoms with Crippen LogP contribution in [0.25, 0.3) is 0 Å². The Morgan fingerprint density at radius 2 is 2.09 bits per heavy atom. The van der Waals surface area contributed by atoms with Crippen LogP contribution < -0.4 is 0 Å². The first-order chi connectivity index (χ1) is 5.02. The Morgan fingerprint density at radius 1 is 1.55 bits per heavy atom. The van der Waals surface area contributed by atoms with Gasteiger partial charge < -0.3 is 10.0 Å². The third-order valence-corrected chi connectivity index (χ3v) is 1.48. The molecule has 0 spiro atoms. The van der Waals surface area contributed by atoms with Crippen molar-refractivity contribution in [3.8, 4) is 0 Å². The van der Waals surface area contributed by atoms with E-state index in [2.05, 4.69) is 6.58 Å². The zero-order valence-electron chi connectivity index (χ0n) is 7.80. The van der Waals surface area contributed by atoms with Crippen molar-refractivity contribution in [2.75, 3.05) is 20.6 Å². The smallest absolute Gasteiger partial charge is 0.0669 e. The van der Waals surface area contributed by atoms with E-state index < -0.39 is 0 Å². The van der Waals surface area contributed by atoms with Crippen LogP contribution in [0.2, 0.25) is 0 Å². The molecule has 0 aromatic carbocycles. The zero-order valence-corrected chi connectivity index (χ0v) is 7.80. The van der Waals surface area contributed by atoms with Gasteiger partial charge in [-0.2, -0.15) is 0 Å². The third-order valence-electron chi connectivity index (χ3n) is 1.48. The number of nitrogens with zero attached hydrogens (tertiary/aromatic N) is 1. The Morgan fingerprint density at radius 3 is 2.45 bits per heavy atom. The van der Waals surface area contributed by atoms with Crippen LogP contribution in [0.15, 0.2) is 12.2 Å². The maximum atomic E-state index is 9.39. The fourth-order valence-electron chi connectivity index (χ4n) is 0.926. The highest BCUT2D eigenvalue weighted by Gasteiger charge is 2.04. The van der Waals surface area contributed by atoms with Crippen molar-refractivity contribution in [1.82, 2.24) is 4.90 Å². The molecule has 2 heteroatoms. The van der Waals surface area contributed by atoms with Crippen molar-refractivity contribution in [1.29, 1.82) is 0 Å². The number of aliphatic hydroxyl groups excluding tert-OH is 1. The van der Waals surface area contributed by atoms with Gasteiger partial charge in [0.05, 0.1) is 6.10 Å². The average Bonchev–Trinajstić information content (AvgIpc) is 1.82. The second-order valence-electron chi connectivity index (χ2n) is 3.41. The van der Waals surface area contributed by atoms with Gasteiger partial charge in [0.25, 0.3) is 0 Å². The number of hydrogen-bond donors (Lipinski definition) is 1. The van der Waals surface area contributed by atoms with Gasteiger partial charge in [-0.05, 0) is 33.9 Å². The summed E-state index contributed by atoms with van der Waals surface area (Å²) in [5.41, 5.74) is 1.14. The first-order valence-electron chi connectivity index (χ1n) is 3.99.